The Morgan fingerprint density at radius 3 is 2.80 bits per heavy atom. The van der Waals surface area contributed by atoms with E-state index in [-0.39, 0.29) is 5.02 Å². The van der Waals surface area contributed by atoms with Crippen molar-refractivity contribution in [3.05, 3.63) is 27.4 Å². The van der Waals surface area contributed by atoms with E-state index in [4.69, 9.17) is 23.4 Å². The first-order valence-electron chi connectivity index (χ1n) is 2.34. The molecule has 1 aromatic rings. The van der Waals surface area contributed by atoms with Gasteiger partial charge >= 0.3 is 0 Å². The van der Waals surface area contributed by atoms with Crippen molar-refractivity contribution in [1.82, 2.24) is 0 Å². The monoisotopic (exact) mass is 168 g/mol. The van der Waals surface area contributed by atoms with Crippen LogP contribution in [-0.4, -0.2) is 0 Å². The van der Waals surface area contributed by atoms with Crippen molar-refractivity contribution in [3.8, 4) is 6.07 Å². The van der Waals surface area contributed by atoms with Crippen LogP contribution in [0.15, 0.2) is 5.38 Å². The minimum atomic E-state index is 0.280. The summed E-state index contributed by atoms with van der Waals surface area (Å²) in [5.41, 5.74) is 0.387. The predicted molar refractivity (Wildman–Crippen MR) is 40.3 cm³/mol. The van der Waals surface area contributed by atoms with E-state index in [0.717, 1.165) is 0 Å². The van der Waals surface area contributed by atoms with Gasteiger partial charge in [0.2, 0.25) is 0 Å². The molecule has 1 rings (SSSR count). The molecule has 4 heteroatoms. The van der Waals surface area contributed by atoms with Gasteiger partial charge in [0.15, 0.2) is 0 Å². The Morgan fingerprint density at radius 2 is 2.50 bits per heavy atom. The molecule has 48 valence electrons. The molecule has 1 aromatic heterocycles. The van der Waals surface area contributed by atoms with Crippen molar-refractivity contribution < 1.29 is 0 Å². The van der Waals surface area contributed by atoms with E-state index in [1.54, 1.807) is 5.38 Å². The number of nitriles is 1. The highest BCUT2D eigenvalue weighted by molar-refractivity contribution is 7.15. The van der Waals surface area contributed by atoms with E-state index in [0.29, 0.717) is 10.6 Å². The van der Waals surface area contributed by atoms with Gasteiger partial charge in [0, 0.05) is 0 Å². The fourth-order valence-corrected chi connectivity index (χ4v) is 1.49. The third-order valence-electron chi connectivity index (χ3n) is 0.935. The fourth-order valence-electron chi connectivity index (χ4n) is 0.484. The van der Waals surface area contributed by atoms with Gasteiger partial charge in [0.1, 0.15) is 6.07 Å². The zero-order chi connectivity index (χ0) is 7.56. The molecular weight excluding hydrogens is 168 g/mol. The van der Waals surface area contributed by atoms with E-state index in [1.165, 1.54) is 11.3 Å². The standard InChI is InChI=1S/C6HClN2S/c1-9-6-5(7)4(2-8)3-10-6/h3H. The number of rotatable bonds is 0. The Hall–Kier alpha value is -1.03. The Morgan fingerprint density at radius 1 is 1.80 bits per heavy atom. The second kappa shape index (κ2) is 2.70. The molecule has 0 aliphatic carbocycles. The van der Waals surface area contributed by atoms with Crippen LogP contribution in [0, 0.1) is 17.9 Å². The SMILES string of the molecule is [C-]#[N+]c1scc(C#N)c1Cl. The molecule has 1 heterocycles. The van der Waals surface area contributed by atoms with E-state index in [9.17, 15) is 0 Å². The maximum Gasteiger partial charge on any atom is 0.260 e. The number of halogens is 1. The first-order chi connectivity index (χ1) is 4.79. The Kier molecular flexibility index (Phi) is 1.91. The second-order valence-electron chi connectivity index (χ2n) is 1.49. The molecule has 0 bridgehead atoms. The first-order valence-corrected chi connectivity index (χ1v) is 3.60. The zero-order valence-electron chi connectivity index (χ0n) is 4.76. The van der Waals surface area contributed by atoms with Crippen LogP contribution >= 0.6 is 22.9 Å². The number of hydrogen-bond donors (Lipinski definition) is 0. The number of nitrogens with zero attached hydrogens (tertiary/aromatic N) is 2. The fraction of sp³-hybridized carbons (Fsp3) is 0. The molecule has 0 aliphatic heterocycles. The summed E-state index contributed by atoms with van der Waals surface area (Å²) in [6, 6.07) is 1.89. The van der Waals surface area contributed by atoms with Crippen molar-refractivity contribution in [1.29, 1.82) is 5.26 Å². The summed E-state index contributed by atoms with van der Waals surface area (Å²) in [4.78, 5) is 3.12. The van der Waals surface area contributed by atoms with E-state index in [1.807, 2.05) is 6.07 Å². The topological polar surface area (TPSA) is 28.1 Å². The summed E-state index contributed by atoms with van der Waals surface area (Å²) >= 11 is 6.79. The molecule has 0 atom stereocenters. The average molecular weight is 169 g/mol. The van der Waals surface area contributed by atoms with Gasteiger partial charge in [0.25, 0.3) is 5.00 Å². The quantitative estimate of drug-likeness (QED) is 0.548. The minimum absolute atomic E-state index is 0.280. The maximum absolute atomic E-state index is 8.40. The highest BCUT2D eigenvalue weighted by atomic mass is 35.5. The molecule has 0 aromatic carbocycles. The largest absolute Gasteiger partial charge is 0.260 e. The first kappa shape index (κ1) is 7.08. The smallest absolute Gasteiger partial charge is 0.225 e. The van der Waals surface area contributed by atoms with Gasteiger partial charge in [0.05, 0.1) is 17.2 Å². The van der Waals surface area contributed by atoms with Crippen LogP contribution in [0.1, 0.15) is 5.56 Å². The third-order valence-corrected chi connectivity index (χ3v) is 2.30. The van der Waals surface area contributed by atoms with E-state index >= 15 is 0 Å². The summed E-state index contributed by atoms with van der Waals surface area (Å²) < 4.78 is 0. The third kappa shape index (κ3) is 0.974. The summed E-state index contributed by atoms with van der Waals surface area (Å²) in [6.07, 6.45) is 0. The predicted octanol–water partition coefficient (Wildman–Crippen LogP) is 2.82. The van der Waals surface area contributed by atoms with Crippen LogP contribution in [0.3, 0.4) is 0 Å². The lowest BCUT2D eigenvalue weighted by atomic mass is 10.4. The van der Waals surface area contributed by atoms with Gasteiger partial charge in [-0.15, -0.1) is 0 Å². The average Bonchev–Trinajstić information content (AvgIpc) is 2.30. The maximum atomic E-state index is 8.40. The lowest BCUT2D eigenvalue weighted by Crippen LogP contribution is -1.62. The summed E-state index contributed by atoms with van der Waals surface area (Å²) in [6.45, 7) is 6.61. The molecule has 0 radical (unpaired) electrons. The van der Waals surface area contributed by atoms with Gasteiger partial charge in [-0.1, -0.05) is 11.6 Å². The second-order valence-corrected chi connectivity index (χ2v) is 2.73. The number of thiophene rings is 1. The molecule has 10 heavy (non-hydrogen) atoms. The van der Waals surface area contributed by atoms with Crippen molar-refractivity contribution in [2.24, 2.45) is 0 Å². The Balaban J connectivity index is 3.28. The molecule has 0 saturated heterocycles. The van der Waals surface area contributed by atoms with Crippen LogP contribution in [0.25, 0.3) is 4.85 Å². The highest BCUT2D eigenvalue weighted by Gasteiger charge is 2.06. The molecule has 0 unspecified atom stereocenters. The molecule has 0 saturated carbocycles. The van der Waals surface area contributed by atoms with Crippen LogP contribution in [-0.2, 0) is 0 Å². The summed E-state index contributed by atoms with van der Waals surface area (Å²) in [5, 5.41) is 10.6. The van der Waals surface area contributed by atoms with Gasteiger partial charge in [-0.05, 0) is 5.38 Å². The minimum Gasteiger partial charge on any atom is -0.225 e. The van der Waals surface area contributed by atoms with E-state index in [2.05, 4.69) is 4.85 Å². The van der Waals surface area contributed by atoms with Gasteiger partial charge in [-0.2, -0.15) is 16.6 Å². The Labute approximate surface area is 67.1 Å². The lowest BCUT2D eigenvalue weighted by molar-refractivity contribution is 1.51. The van der Waals surface area contributed by atoms with Gasteiger partial charge in [-0.25, -0.2) is 4.85 Å². The van der Waals surface area contributed by atoms with Crippen LogP contribution in [0.4, 0.5) is 5.00 Å². The van der Waals surface area contributed by atoms with Crippen LogP contribution in [0.5, 0.6) is 0 Å². The zero-order valence-corrected chi connectivity index (χ0v) is 6.33. The van der Waals surface area contributed by atoms with Crippen molar-refractivity contribution in [2.45, 2.75) is 0 Å². The molecule has 0 fully saturated rings. The van der Waals surface area contributed by atoms with Crippen molar-refractivity contribution in [3.63, 3.8) is 0 Å². The molecule has 0 aliphatic rings. The van der Waals surface area contributed by atoms with E-state index < -0.39 is 0 Å². The number of hydrogen-bond acceptors (Lipinski definition) is 2. The molecule has 0 spiro atoms. The lowest BCUT2D eigenvalue weighted by Gasteiger charge is -1.79. The van der Waals surface area contributed by atoms with Crippen LogP contribution < -0.4 is 0 Å². The van der Waals surface area contributed by atoms with Crippen LogP contribution in [0.2, 0.25) is 5.02 Å². The molecular formula is C6HClN2S. The normalized spacial score (nSPS) is 8.30. The summed E-state index contributed by atoms with van der Waals surface area (Å²) in [7, 11) is 0. The van der Waals surface area contributed by atoms with Crippen molar-refractivity contribution in [2.75, 3.05) is 0 Å². The van der Waals surface area contributed by atoms with Gasteiger partial charge in [-0.3, -0.25) is 0 Å². The van der Waals surface area contributed by atoms with Crippen molar-refractivity contribution >= 4 is 27.9 Å². The summed E-state index contributed by atoms with van der Waals surface area (Å²) in [5.74, 6) is 0. The van der Waals surface area contributed by atoms with Gasteiger partial charge < -0.3 is 0 Å². The molecule has 0 N–H and O–H groups in total. The molecule has 2 nitrogen and oxygen atoms in total. The Bertz CT molecular complexity index is 297. The molecule has 0 amide bonds. The highest BCUT2D eigenvalue weighted by Crippen LogP contribution is 2.34.